The minimum Gasteiger partial charge on any atom is -0.370 e. The monoisotopic (exact) mass is 362 g/mol. The van der Waals surface area contributed by atoms with E-state index in [4.69, 9.17) is 4.98 Å². The number of hydrogen-bond acceptors (Lipinski definition) is 6. The highest BCUT2D eigenvalue weighted by Gasteiger charge is 2.12. The lowest BCUT2D eigenvalue weighted by Crippen LogP contribution is -2.10. The van der Waals surface area contributed by atoms with E-state index in [1.165, 1.54) is 5.56 Å². The molecule has 130 valence electrons. The molecular formula is C19H18N6S. The first-order chi connectivity index (χ1) is 12.9. The molecule has 1 N–H and O–H groups in total. The lowest BCUT2D eigenvalue weighted by molar-refractivity contribution is 0.835. The molecule has 1 aliphatic rings. The molecule has 0 aromatic carbocycles. The van der Waals surface area contributed by atoms with E-state index in [-0.39, 0.29) is 0 Å². The highest BCUT2D eigenvalue weighted by atomic mass is 32.2. The van der Waals surface area contributed by atoms with Crippen molar-refractivity contribution in [1.82, 2.24) is 24.7 Å². The van der Waals surface area contributed by atoms with Gasteiger partial charge < -0.3 is 5.32 Å². The smallest absolute Gasteiger partial charge is 0.170 e. The maximum absolute atomic E-state index is 4.70. The van der Waals surface area contributed by atoms with E-state index in [1.807, 2.05) is 30.6 Å². The first kappa shape index (κ1) is 16.5. The maximum Gasteiger partial charge on any atom is 0.170 e. The van der Waals surface area contributed by atoms with Gasteiger partial charge in [-0.1, -0.05) is 30.0 Å². The largest absolute Gasteiger partial charge is 0.370 e. The fourth-order valence-corrected chi connectivity index (χ4v) is 3.33. The van der Waals surface area contributed by atoms with E-state index in [0.717, 1.165) is 41.8 Å². The molecule has 0 bridgehead atoms. The minimum absolute atomic E-state index is 0.719. The Kier molecular flexibility index (Phi) is 5.07. The molecule has 0 amide bonds. The molecule has 0 fully saturated rings. The third kappa shape index (κ3) is 4.00. The van der Waals surface area contributed by atoms with Crippen LogP contribution in [0.5, 0.6) is 0 Å². The van der Waals surface area contributed by atoms with Crippen LogP contribution in [0.15, 0.2) is 66.6 Å². The average molecular weight is 362 g/mol. The molecule has 0 unspecified atom stereocenters. The van der Waals surface area contributed by atoms with Crippen molar-refractivity contribution in [3.8, 4) is 5.82 Å². The van der Waals surface area contributed by atoms with Crippen LogP contribution in [-0.4, -0.2) is 31.3 Å². The van der Waals surface area contributed by atoms with E-state index in [9.17, 15) is 0 Å². The molecule has 1 aliphatic heterocycles. The van der Waals surface area contributed by atoms with Crippen LogP contribution in [0.3, 0.4) is 0 Å². The zero-order valence-electron chi connectivity index (χ0n) is 14.1. The van der Waals surface area contributed by atoms with Crippen molar-refractivity contribution in [2.45, 2.75) is 12.8 Å². The van der Waals surface area contributed by atoms with E-state index < -0.39 is 0 Å². The summed E-state index contributed by atoms with van der Waals surface area (Å²) < 4.78 is 1.75. The quantitative estimate of drug-likeness (QED) is 0.721. The van der Waals surface area contributed by atoms with Gasteiger partial charge in [0.1, 0.15) is 5.82 Å². The van der Waals surface area contributed by atoms with Crippen molar-refractivity contribution in [2.24, 2.45) is 0 Å². The van der Waals surface area contributed by atoms with Gasteiger partial charge >= 0.3 is 0 Å². The van der Waals surface area contributed by atoms with Crippen LogP contribution < -0.4 is 5.32 Å². The number of thioether (sulfide) groups is 1. The van der Waals surface area contributed by atoms with Crippen LogP contribution >= 0.6 is 11.8 Å². The third-order valence-electron chi connectivity index (χ3n) is 3.85. The van der Waals surface area contributed by atoms with Gasteiger partial charge in [-0.25, -0.2) is 14.6 Å². The molecule has 0 aliphatic carbocycles. The molecule has 0 atom stereocenters. The predicted octanol–water partition coefficient (Wildman–Crippen LogP) is 3.70. The molecule has 3 aromatic rings. The summed E-state index contributed by atoms with van der Waals surface area (Å²) in [6.07, 6.45) is 13.4. The number of aromatic nitrogens is 5. The molecule has 4 rings (SSSR count). The zero-order chi connectivity index (χ0) is 17.6. The number of anilines is 1. The summed E-state index contributed by atoms with van der Waals surface area (Å²) in [7, 11) is 0. The Labute approximate surface area is 156 Å². The van der Waals surface area contributed by atoms with Crippen molar-refractivity contribution in [1.29, 1.82) is 0 Å². The Morgan fingerprint density at radius 2 is 2.19 bits per heavy atom. The number of allylic oxidation sites excluding steroid dienone is 2. The van der Waals surface area contributed by atoms with Gasteiger partial charge in [-0.05, 0) is 35.9 Å². The molecule has 7 heteroatoms. The summed E-state index contributed by atoms with van der Waals surface area (Å²) in [5, 5.41) is 9.77. The number of nitrogens with zero attached hydrogens (tertiary/aromatic N) is 5. The molecule has 0 saturated heterocycles. The summed E-state index contributed by atoms with van der Waals surface area (Å²) >= 11 is 1.64. The summed E-state index contributed by atoms with van der Waals surface area (Å²) in [5.74, 6) is 2.26. The number of hydrogen-bond donors (Lipinski definition) is 1. The molecule has 6 nitrogen and oxygen atoms in total. The first-order valence-corrected chi connectivity index (χ1v) is 9.30. The summed E-state index contributed by atoms with van der Waals surface area (Å²) in [4.78, 5) is 14.6. The summed E-state index contributed by atoms with van der Waals surface area (Å²) in [6, 6.07) is 7.83. The van der Waals surface area contributed by atoms with Crippen LogP contribution in [-0.2, 0) is 6.42 Å². The van der Waals surface area contributed by atoms with Crippen LogP contribution in [0.2, 0.25) is 0 Å². The van der Waals surface area contributed by atoms with Crippen LogP contribution in [0.1, 0.15) is 17.8 Å². The zero-order valence-corrected chi connectivity index (χ0v) is 14.9. The minimum atomic E-state index is 0.719. The Hall–Kier alpha value is -2.93. The van der Waals surface area contributed by atoms with E-state index in [2.05, 4.69) is 44.0 Å². The average Bonchev–Trinajstić information content (AvgIpc) is 3.24. The molecule has 0 radical (unpaired) electrons. The summed E-state index contributed by atoms with van der Waals surface area (Å²) in [5.41, 5.74) is 1.19. The predicted molar refractivity (Wildman–Crippen MR) is 105 cm³/mol. The lowest BCUT2D eigenvalue weighted by atomic mass is 10.2. The Morgan fingerprint density at radius 1 is 1.19 bits per heavy atom. The number of pyridine rings is 1. The molecule has 0 saturated carbocycles. The van der Waals surface area contributed by atoms with E-state index in [0.29, 0.717) is 0 Å². The Morgan fingerprint density at radius 3 is 2.96 bits per heavy atom. The van der Waals surface area contributed by atoms with Crippen LogP contribution in [0, 0.1) is 0 Å². The van der Waals surface area contributed by atoms with Crippen LogP contribution in [0.25, 0.3) is 10.7 Å². The fourth-order valence-electron chi connectivity index (χ4n) is 2.58. The van der Waals surface area contributed by atoms with Gasteiger partial charge in [0, 0.05) is 37.4 Å². The molecule has 3 aromatic heterocycles. The van der Waals surface area contributed by atoms with Gasteiger partial charge in [0.05, 0.1) is 4.91 Å². The van der Waals surface area contributed by atoms with E-state index in [1.54, 1.807) is 28.8 Å². The fraction of sp³-hybridized carbons (Fsp3) is 0.158. The van der Waals surface area contributed by atoms with Crippen LogP contribution in [0.4, 0.5) is 5.82 Å². The molecular weight excluding hydrogens is 344 g/mol. The second-order valence-electron chi connectivity index (χ2n) is 5.72. The second kappa shape index (κ2) is 7.97. The molecule has 4 heterocycles. The van der Waals surface area contributed by atoms with Crippen molar-refractivity contribution in [3.63, 3.8) is 0 Å². The highest BCUT2D eigenvalue weighted by molar-refractivity contribution is 8.10. The Balaban J connectivity index is 1.56. The second-order valence-corrected chi connectivity index (χ2v) is 6.67. The maximum atomic E-state index is 4.70. The topological polar surface area (TPSA) is 68.5 Å². The van der Waals surface area contributed by atoms with Gasteiger partial charge in [-0.15, -0.1) is 0 Å². The highest BCUT2D eigenvalue weighted by Crippen LogP contribution is 2.31. The van der Waals surface area contributed by atoms with Gasteiger partial charge in [0.15, 0.2) is 11.6 Å². The molecule has 0 spiro atoms. The molecule has 26 heavy (non-hydrogen) atoms. The third-order valence-corrected chi connectivity index (χ3v) is 4.78. The Bertz CT molecular complexity index is 918. The summed E-state index contributed by atoms with van der Waals surface area (Å²) in [6.45, 7) is 0.771. The normalized spacial score (nSPS) is 13.5. The lowest BCUT2D eigenvalue weighted by Gasteiger charge is -2.12. The van der Waals surface area contributed by atoms with Crippen molar-refractivity contribution in [3.05, 3.63) is 78.0 Å². The van der Waals surface area contributed by atoms with Crippen molar-refractivity contribution < 1.29 is 0 Å². The van der Waals surface area contributed by atoms with Gasteiger partial charge in [-0.2, -0.15) is 5.10 Å². The van der Waals surface area contributed by atoms with E-state index >= 15 is 0 Å². The number of nitrogens with one attached hydrogen (secondary N) is 1. The SMILES string of the molecule is C1=CSC(c2nc(NCCc3cccnc3)cc(-n3cccn3)n2)=CC1. The number of rotatable bonds is 6. The van der Waals surface area contributed by atoms with Crippen molar-refractivity contribution in [2.75, 3.05) is 11.9 Å². The van der Waals surface area contributed by atoms with Gasteiger partial charge in [-0.3, -0.25) is 4.98 Å². The first-order valence-electron chi connectivity index (χ1n) is 8.42. The standard InChI is InChI=1S/C19H18N6S/c1-2-12-26-16(6-1)19-23-17(13-18(24-19)25-11-4-9-22-25)21-10-7-15-5-3-8-20-14-15/h2-6,8-9,11-14H,1,7,10H2,(H,21,23,24). The van der Waals surface area contributed by atoms with Gasteiger partial charge in [0.25, 0.3) is 0 Å². The van der Waals surface area contributed by atoms with Gasteiger partial charge in [0.2, 0.25) is 0 Å². The van der Waals surface area contributed by atoms with Crippen molar-refractivity contribution >= 4 is 22.5 Å².